The molecule has 0 aliphatic carbocycles. The first-order chi connectivity index (χ1) is 8.58. The van der Waals surface area contributed by atoms with Gasteiger partial charge in [0, 0.05) is 10.9 Å². The molecule has 3 aromatic rings. The molecule has 90 valence electrons. The van der Waals surface area contributed by atoms with Crippen molar-refractivity contribution in [1.29, 1.82) is 0 Å². The van der Waals surface area contributed by atoms with E-state index in [1.54, 1.807) is 6.07 Å². The lowest BCUT2D eigenvalue weighted by Gasteiger charge is -2.08. The Labute approximate surface area is 104 Å². The Bertz CT molecular complexity index is 773. The Morgan fingerprint density at radius 3 is 2.28 bits per heavy atom. The zero-order valence-corrected chi connectivity index (χ0v) is 10.2. The number of fused-ring (bicyclic) bond motifs is 3. The Hall–Kier alpha value is -1.96. The van der Waals surface area contributed by atoms with E-state index >= 15 is 0 Å². The fraction of sp³-hybridized carbons (Fsp3) is 0.125. The number of hydrogen-bond donors (Lipinski definition) is 0. The highest BCUT2D eigenvalue weighted by Crippen LogP contribution is 2.30. The second kappa shape index (κ2) is 3.77. The summed E-state index contributed by atoms with van der Waals surface area (Å²) in [5.41, 5.74) is 1.21. The number of aryl methyl sites for hydroxylation is 1. The summed E-state index contributed by atoms with van der Waals surface area (Å²) in [6, 6.07) is 10.9. The monoisotopic (exact) mass is 242 g/mol. The van der Waals surface area contributed by atoms with Crippen LogP contribution in [0.4, 0.5) is 8.78 Å². The zero-order chi connectivity index (χ0) is 12.9. The van der Waals surface area contributed by atoms with Gasteiger partial charge in [0.25, 0.3) is 0 Å². The van der Waals surface area contributed by atoms with Crippen LogP contribution >= 0.6 is 0 Å². The predicted octanol–water partition coefficient (Wildman–Crippen LogP) is 4.89. The molecule has 18 heavy (non-hydrogen) atoms. The fourth-order valence-electron chi connectivity index (χ4n) is 2.36. The Morgan fingerprint density at radius 1 is 0.778 bits per heavy atom. The van der Waals surface area contributed by atoms with E-state index in [0.717, 1.165) is 16.3 Å². The third kappa shape index (κ3) is 1.49. The number of hydrogen-bond acceptors (Lipinski definition) is 0. The van der Waals surface area contributed by atoms with Crippen LogP contribution in [-0.2, 0) is 0 Å². The largest absolute Gasteiger partial charge is 0.207 e. The predicted molar refractivity (Wildman–Crippen MR) is 70.8 cm³/mol. The number of halogens is 2. The first-order valence-electron chi connectivity index (χ1n) is 5.85. The molecule has 0 radical (unpaired) electrons. The third-order valence-corrected chi connectivity index (χ3v) is 3.41. The molecule has 3 rings (SSSR count). The van der Waals surface area contributed by atoms with Gasteiger partial charge in [-0.1, -0.05) is 35.9 Å². The molecule has 0 saturated carbocycles. The first-order valence-corrected chi connectivity index (χ1v) is 5.85. The quantitative estimate of drug-likeness (QED) is 0.492. The van der Waals surface area contributed by atoms with E-state index in [-0.39, 0.29) is 5.56 Å². The molecule has 0 saturated heterocycles. The second-order valence-corrected chi connectivity index (χ2v) is 4.68. The van der Waals surface area contributed by atoms with Crippen molar-refractivity contribution < 1.29 is 8.78 Å². The SMILES string of the molecule is Cc1ccc2c(ccc3c(F)c(C)c(F)cc32)c1. The van der Waals surface area contributed by atoms with Crippen molar-refractivity contribution in [2.45, 2.75) is 13.8 Å². The van der Waals surface area contributed by atoms with Gasteiger partial charge in [0.05, 0.1) is 0 Å². The van der Waals surface area contributed by atoms with E-state index < -0.39 is 11.6 Å². The van der Waals surface area contributed by atoms with Gasteiger partial charge in [-0.25, -0.2) is 8.78 Å². The number of rotatable bonds is 0. The minimum Gasteiger partial charge on any atom is -0.207 e. The molecule has 0 fully saturated rings. The Kier molecular flexibility index (Phi) is 2.34. The fourth-order valence-corrected chi connectivity index (χ4v) is 2.36. The molecule has 0 unspecified atom stereocenters. The standard InChI is InChI=1S/C16H12F2/c1-9-3-5-12-11(7-9)4-6-13-14(12)8-15(17)10(2)16(13)18/h3-8H,1-2H3. The smallest absolute Gasteiger partial charge is 0.136 e. The van der Waals surface area contributed by atoms with Gasteiger partial charge in [-0.3, -0.25) is 0 Å². The maximum Gasteiger partial charge on any atom is 0.136 e. The van der Waals surface area contributed by atoms with Crippen LogP contribution in [0.2, 0.25) is 0 Å². The second-order valence-electron chi connectivity index (χ2n) is 4.68. The van der Waals surface area contributed by atoms with Gasteiger partial charge in [0.2, 0.25) is 0 Å². The van der Waals surface area contributed by atoms with Crippen molar-refractivity contribution >= 4 is 21.5 Å². The summed E-state index contributed by atoms with van der Waals surface area (Å²) in [5.74, 6) is -0.958. The van der Waals surface area contributed by atoms with E-state index in [1.807, 2.05) is 31.2 Å². The normalized spacial score (nSPS) is 11.3. The maximum absolute atomic E-state index is 14.0. The molecule has 0 heterocycles. The van der Waals surface area contributed by atoms with Gasteiger partial charge in [-0.2, -0.15) is 0 Å². The molecule has 0 spiro atoms. The molecule has 0 N–H and O–H groups in total. The lowest BCUT2D eigenvalue weighted by Crippen LogP contribution is -1.91. The van der Waals surface area contributed by atoms with Crippen LogP contribution in [0.15, 0.2) is 36.4 Å². The highest BCUT2D eigenvalue weighted by molar-refractivity contribution is 6.08. The summed E-state index contributed by atoms with van der Waals surface area (Å²) in [6.07, 6.45) is 0. The van der Waals surface area contributed by atoms with Crippen molar-refractivity contribution in [3.63, 3.8) is 0 Å². The average molecular weight is 242 g/mol. The van der Waals surface area contributed by atoms with E-state index in [2.05, 4.69) is 0 Å². The molecule has 0 atom stereocenters. The summed E-state index contributed by atoms with van der Waals surface area (Å²) in [7, 11) is 0. The van der Waals surface area contributed by atoms with Gasteiger partial charge in [-0.05, 0) is 36.1 Å². The van der Waals surface area contributed by atoms with Gasteiger partial charge in [-0.15, -0.1) is 0 Å². The van der Waals surface area contributed by atoms with Crippen molar-refractivity contribution in [3.8, 4) is 0 Å². The molecular weight excluding hydrogens is 230 g/mol. The summed E-state index contributed by atoms with van der Waals surface area (Å²) < 4.78 is 27.7. The summed E-state index contributed by atoms with van der Waals surface area (Å²) in [5, 5.41) is 3.00. The van der Waals surface area contributed by atoms with E-state index in [9.17, 15) is 8.78 Å². The number of benzene rings is 3. The van der Waals surface area contributed by atoms with Crippen LogP contribution < -0.4 is 0 Å². The lowest BCUT2D eigenvalue weighted by molar-refractivity contribution is 0.577. The van der Waals surface area contributed by atoms with Crippen LogP contribution in [0.25, 0.3) is 21.5 Å². The summed E-state index contributed by atoms with van der Waals surface area (Å²) in [6.45, 7) is 3.46. The first kappa shape index (κ1) is 11.1. The summed E-state index contributed by atoms with van der Waals surface area (Å²) >= 11 is 0. The van der Waals surface area contributed by atoms with Gasteiger partial charge >= 0.3 is 0 Å². The minimum atomic E-state index is -0.493. The molecule has 0 aromatic heterocycles. The van der Waals surface area contributed by atoms with Crippen LogP contribution in [0, 0.1) is 25.5 Å². The van der Waals surface area contributed by atoms with Gasteiger partial charge < -0.3 is 0 Å². The van der Waals surface area contributed by atoms with E-state index in [1.165, 1.54) is 13.0 Å². The van der Waals surface area contributed by atoms with Crippen LogP contribution in [0.3, 0.4) is 0 Å². The molecule has 0 aliphatic rings. The maximum atomic E-state index is 14.0. The van der Waals surface area contributed by atoms with Gasteiger partial charge in [0.15, 0.2) is 0 Å². The van der Waals surface area contributed by atoms with Crippen molar-refractivity contribution in [3.05, 3.63) is 59.2 Å². The van der Waals surface area contributed by atoms with Crippen molar-refractivity contribution in [1.82, 2.24) is 0 Å². The van der Waals surface area contributed by atoms with Crippen LogP contribution in [-0.4, -0.2) is 0 Å². The van der Waals surface area contributed by atoms with Crippen molar-refractivity contribution in [2.75, 3.05) is 0 Å². The zero-order valence-electron chi connectivity index (χ0n) is 10.2. The Balaban J connectivity index is 2.55. The molecule has 0 nitrogen and oxygen atoms in total. The minimum absolute atomic E-state index is 0.0777. The van der Waals surface area contributed by atoms with Crippen molar-refractivity contribution in [2.24, 2.45) is 0 Å². The topological polar surface area (TPSA) is 0 Å². The summed E-state index contributed by atoms with van der Waals surface area (Å²) in [4.78, 5) is 0. The Morgan fingerprint density at radius 2 is 1.50 bits per heavy atom. The molecule has 0 amide bonds. The molecule has 2 heteroatoms. The van der Waals surface area contributed by atoms with E-state index in [4.69, 9.17) is 0 Å². The van der Waals surface area contributed by atoms with Crippen LogP contribution in [0.5, 0.6) is 0 Å². The molecule has 0 bridgehead atoms. The lowest BCUT2D eigenvalue weighted by atomic mass is 9.98. The molecule has 3 aromatic carbocycles. The highest BCUT2D eigenvalue weighted by atomic mass is 19.1. The molecular formula is C16H12F2. The van der Waals surface area contributed by atoms with E-state index in [0.29, 0.717) is 10.8 Å². The average Bonchev–Trinajstić information content (AvgIpc) is 2.35. The van der Waals surface area contributed by atoms with Crippen LogP contribution in [0.1, 0.15) is 11.1 Å². The van der Waals surface area contributed by atoms with Gasteiger partial charge in [0.1, 0.15) is 11.6 Å². The highest BCUT2D eigenvalue weighted by Gasteiger charge is 2.11. The third-order valence-electron chi connectivity index (χ3n) is 3.41. The molecule has 0 aliphatic heterocycles.